The minimum Gasteiger partial charge on any atom is -0.399 e. The molecule has 41 heavy (non-hydrogen) atoms. The number of hydrogen-bond acceptors (Lipinski definition) is 2. The van der Waals surface area contributed by atoms with Crippen molar-refractivity contribution in [3.63, 3.8) is 0 Å². The van der Waals surface area contributed by atoms with Gasteiger partial charge < -0.3 is 5.73 Å². The largest absolute Gasteiger partial charge is 0.399 e. The highest BCUT2D eigenvalue weighted by atomic mass is 32.1. The lowest BCUT2D eigenvalue weighted by molar-refractivity contribution is 0.586. The Balaban J connectivity index is 0.00000411. The highest BCUT2D eigenvalue weighted by Gasteiger charge is 2.21. The first kappa shape index (κ1) is 36.5. The Labute approximate surface area is 260 Å². The minimum absolute atomic E-state index is 0.154. The summed E-state index contributed by atoms with van der Waals surface area (Å²) in [4.78, 5) is 0. The van der Waals surface area contributed by atoms with Gasteiger partial charge in [-0.05, 0) is 120 Å². The van der Waals surface area contributed by atoms with Crippen molar-refractivity contribution in [2.75, 3.05) is 11.9 Å². The summed E-state index contributed by atoms with van der Waals surface area (Å²) in [6.45, 7) is 21.2. The molecular weight excluding hydrogens is 533 g/mol. The predicted octanol–water partition coefficient (Wildman–Crippen LogP) is 10.8. The van der Waals surface area contributed by atoms with Crippen LogP contribution < -0.4 is 5.73 Å². The lowest BCUT2D eigenvalue weighted by atomic mass is 9.81. The third-order valence-corrected chi connectivity index (χ3v) is 8.90. The van der Waals surface area contributed by atoms with Gasteiger partial charge in [-0.1, -0.05) is 107 Å². The van der Waals surface area contributed by atoms with E-state index in [4.69, 9.17) is 18.4 Å². The molecule has 0 heterocycles. The van der Waals surface area contributed by atoms with E-state index in [2.05, 4.69) is 117 Å². The first-order chi connectivity index (χ1) is 19.5. The summed E-state index contributed by atoms with van der Waals surface area (Å²) in [7, 11) is 2.91. The summed E-state index contributed by atoms with van der Waals surface area (Å²) in [5.41, 5.74) is 16.9. The average Bonchev–Trinajstić information content (AvgIpc) is 2.97. The van der Waals surface area contributed by atoms with E-state index in [1.54, 1.807) is 0 Å². The van der Waals surface area contributed by atoms with Crippen LogP contribution in [0.2, 0.25) is 0 Å². The van der Waals surface area contributed by atoms with E-state index in [0.29, 0.717) is 5.92 Å². The van der Waals surface area contributed by atoms with E-state index in [0.717, 1.165) is 41.6 Å². The van der Waals surface area contributed by atoms with Crippen LogP contribution in [0.5, 0.6) is 0 Å². The number of nitrogens with two attached hydrogens (primary N) is 1. The summed E-state index contributed by atoms with van der Waals surface area (Å²) in [5.74, 6) is 1.23. The molecule has 1 nitrogen and oxygen atoms in total. The Morgan fingerprint density at radius 3 is 2.34 bits per heavy atom. The van der Waals surface area contributed by atoms with Crippen LogP contribution in [0.25, 0.3) is 6.08 Å². The van der Waals surface area contributed by atoms with Crippen molar-refractivity contribution in [2.45, 2.75) is 79.6 Å². The first-order valence-corrected chi connectivity index (χ1v) is 16.3. The van der Waals surface area contributed by atoms with Crippen molar-refractivity contribution in [2.24, 2.45) is 5.73 Å². The van der Waals surface area contributed by atoms with Crippen LogP contribution >= 0.6 is 21.9 Å². The molecule has 0 aromatic heterocycles. The summed E-state index contributed by atoms with van der Waals surface area (Å²) in [5, 5.41) is 0. The third-order valence-electron chi connectivity index (χ3n) is 7.44. The Morgan fingerprint density at radius 2 is 1.71 bits per heavy atom. The molecule has 2 aromatic carbocycles. The average molecular weight is 588 g/mol. The van der Waals surface area contributed by atoms with Crippen molar-refractivity contribution in [3.05, 3.63) is 136 Å². The first-order valence-electron chi connectivity index (χ1n) is 14.8. The molecule has 0 aliphatic carbocycles. The van der Waals surface area contributed by atoms with E-state index >= 15 is 0 Å². The van der Waals surface area contributed by atoms with Gasteiger partial charge >= 0.3 is 0 Å². The monoisotopic (exact) mass is 587 g/mol. The highest BCUT2D eigenvalue weighted by Crippen LogP contribution is 2.31. The number of hydrogen-bond donors (Lipinski definition) is 2. The van der Waals surface area contributed by atoms with Gasteiger partial charge in [-0.15, -0.1) is 9.24 Å². The second-order valence-corrected chi connectivity index (χ2v) is 11.8. The fraction of sp³-hybridized carbons (Fsp3) is 0.368. The molecule has 0 fully saturated rings. The Kier molecular flexibility index (Phi) is 16.7. The van der Waals surface area contributed by atoms with Crippen molar-refractivity contribution in [3.8, 4) is 0 Å². The normalized spacial score (nSPS) is 14.1. The zero-order chi connectivity index (χ0) is 31.0. The smallest absolute Gasteiger partial charge is 0.0313 e. The van der Waals surface area contributed by atoms with Crippen LogP contribution in [0.4, 0.5) is 0 Å². The van der Waals surface area contributed by atoms with Gasteiger partial charge in [0.1, 0.15) is 0 Å². The maximum Gasteiger partial charge on any atom is 0.0313 e. The van der Waals surface area contributed by atoms with Gasteiger partial charge in [-0.25, -0.2) is 0 Å². The lowest BCUT2D eigenvalue weighted by Crippen LogP contribution is -2.21. The number of aryl methyl sites for hydroxylation is 1. The molecule has 0 saturated carbocycles. The van der Waals surface area contributed by atoms with Gasteiger partial charge in [0.05, 0.1) is 0 Å². The van der Waals surface area contributed by atoms with Gasteiger partial charge in [0.25, 0.3) is 0 Å². The Hall–Kier alpha value is -2.54. The molecule has 0 aliphatic rings. The van der Waals surface area contributed by atoms with Gasteiger partial charge in [-0.2, -0.15) is 12.6 Å². The second-order valence-electron chi connectivity index (χ2n) is 11.0. The van der Waals surface area contributed by atoms with E-state index in [1.807, 2.05) is 39.0 Å². The molecule has 2 atom stereocenters. The quantitative estimate of drug-likeness (QED) is 0.136. The third kappa shape index (κ3) is 12.1. The summed E-state index contributed by atoms with van der Waals surface area (Å²) in [6.07, 6.45) is 15.4. The molecular formula is C38H54NPS. The number of thiol groups is 1. The van der Waals surface area contributed by atoms with Gasteiger partial charge in [-0.3, -0.25) is 0 Å². The lowest BCUT2D eigenvalue weighted by Gasteiger charge is -2.27. The van der Waals surface area contributed by atoms with Crippen molar-refractivity contribution < 1.29 is 0 Å². The number of benzene rings is 2. The highest BCUT2D eigenvalue weighted by molar-refractivity contribution is 7.80. The number of rotatable bonds is 13. The van der Waals surface area contributed by atoms with Crippen molar-refractivity contribution in [1.82, 2.24) is 0 Å². The topological polar surface area (TPSA) is 26.0 Å². The van der Waals surface area contributed by atoms with E-state index in [-0.39, 0.29) is 5.41 Å². The van der Waals surface area contributed by atoms with Gasteiger partial charge in [0.15, 0.2) is 0 Å². The number of allylic oxidation sites excluding steroid dienone is 9. The van der Waals surface area contributed by atoms with E-state index < -0.39 is 0 Å². The van der Waals surface area contributed by atoms with Gasteiger partial charge in [0, 0.05) is 5.70 Å². The van der Waals surface area contributed by atoms with Crippen LogP contribution in [0.3, 0.4) is 0 Å². The van der Waals surface area contributed by atoms with Crippen LogP contribution in [-0.2, 0) is 11.8 Å². The van der Waals surface area contributed by atoms with Crippen LogP contribution in [0.15, 0.2) is 113 Å². The van der Waals surface area contributed by atoms with E-state index in [9.17, 15) is 0 Å². The van der Waals surface area contributed by atoms with Crippen LogP contribution in [-0.4, -0.2) is 11.9 Å². The van der Waals surface area contributed by atoms with Crippen LogP contribution in [0, 0.1) is 0 Å². The molecule has 0 amide bonds. The molecule has 3 heteroatoms. The van der Waals surface area contributed by atoms with Gasteiger partial charge in [0.2, 0.25) is 0 Å². The second kappa shape index (κ2) is 18.8. The molecule has 0 spiro atoms. The molecule has 2 aromatic rings. The summed E-state index contributed by atoms with van der Waals surface area (Å²) >= 11 is 4.74. The standard InChI is InChI=1S/C36H48NPS.C2H6/c1-8-12-34(37)22-28(4)29(5)27(3)21-26(2)17-18-30-13-11-15-32(23-30)33(24-39)20-19-31-14-9-10-16-35(31)36(6,7)25-38;1-2/h8-18,21-23,33,39H,2,19-20,24-25,37-38H2,1,3-7H3;1-2H3/b12-8-,18-17+,27-21?,29-28+,34-22+;. The molecule has 0 saturated heterocycles. The molecule has 2 unspecified atom stereocenters. The van der Waals surface area contributed by atoms with Crippen molar-refractivity contribution in [1.29, 1.82) is 0 Å². The van der Waals surface area contributed by atoms with E-state index in [1.165, 1.54) is 33.4 Å². The molecule has 2 N–H and O–H groups in total. The molecule has 2 rings (SSSR count). The Bertz CT molecular complexity index is 1270. The van der Waals surface area contributed by atoms with Crippen LogP contribution in [0.1, 0.15) is 90.0 Å². The maximum absolute atomic E-state index is 6.04. The zero-order valence-corrected chi connectivity index (χ0v) is 28.8. The zero-order valence-electron chi connectivity index (χ0n) is 26.8. The SMILES string of the molecule is C=C(C=C(C)/C(C)=C(C)/C=C(N)\C=C/C)/C=C/c1cccc(C(CS)CCc2ccccc2C(C)(C)CP)c1.CC. The maximum atomic E-state index is 6.04. The molecule has 0 radical (unpaired) electrons. The molecule has 222 valence electrons. The predicted molar refractivity (Wildman–Crippen MR) is 194 cm³/mol. The molecule has 0 bridgehead atoms. The Morgan fingerprint density at radius 1 is 1.02 bits per heavy atom. The van der Waals surface area contributed by atoms with Crippen molar-refractivity contribution >= 4 is 27.9 Å². The fourth-order valence-electron chi connectivity index (χ4n) is 4.67. The summed E-state index contributed by atoms with van der Waals surface area (Å²) in [6, 6.07) is 17.7. The summed E-state index contributed by atoms with van der Waals surface area (Å²) < 4.78 is 0. The fourth-order valence-corrected chi connectivity index (χ4v) is 5.28. The minimum atomic E-state index is 0.154. The molecule has 0 aliphatic heterocycles.